The summed E-state index contributed by atoms with van der Waals surface area (Å²) in [5, 5.41) is 3.40. The van der Waals surface area contributed by atoms with Gasteiger partial charge in [-0.15, -0.1) is 0 Å². The molecule has 16 heavy (non-hydrogen) atoms. The van der Waals surface area contributed by atoms with E-state index in [0.29, 0.717) is 17.7 Å². The van der Waals surface area contributed by atoms with Gasteiger partial charge in [0, 0.05) is 6.04 Å². The van der Waals surface area contributed by atoms with Gasteiger partial charge in [-0.3, -0.25) is 0 Å². The second-order valence-corrected chi connectivity index (χ2v) is 4.53. The van der Waals surface area contributed by atoms with E-state index in [1.807, 2.05) is 0 Å². The Morgan fingerprint density at radius 3 is 2.19 bits per heavy atom. The number of nitrogens with zero attached hydrogens (tertiary/aromatic N) is 2. The summed E-state index contributed by atoms with van der Waals surface area (Å²) in [6.07, 6.45) is 12.5. The third kappa shape index (κ3) is 3.36. The van der Waals surface area contributed by atoms with E-state index in [1.54, 1.807) is 12.4 Å². The van der Waals surface area contributed by atoms with E-state index in [1.165, 1.54) is 44.9 Å². The Morgan fingerprint density at radius 1 is 1.00 bits per heavy atom. The number of anilines is 2. The lowest BCUT2D eigenvalue weighted by Gasteiger charge is -2.20. The molecule has 88 valence electrons. The molecular formula is C12H20N4. The molecule has 1 aliphatic rings. The van der Waals surface area contributed by atoms with Gasteiger partial charge in [0.25, 0.3) is 0 Å². The number of hydrogen-bond donors (Lipinski definition) is 2. The molecule has 1 aromatic rings. The maximum atomic E-state index is 5.55. The van der Waals surface area contributed by atoms with E-state index in [2.05, 4.69) is 15.3 Å². The van der Waals surface area contributed by atoms with Crippen LogP contribution in [0.4, 0.5) is 11.6 Å². The Hall–Kier alpha value is -1.32. The van der Waals surface area contributed by atoms with Gasteiger partial charge in [-0.25, -0.2) is 9.97 Å². The standard InChI is InChI=1S/C12H20N4/c13-10-8-14-12(15-9-10)16-11-6-4-2-1-3-5-7-11/h8-9,11H,1-7,13H2,(H,14,15,16). The van der Waals surface area contributed by atoms with Crippen LogP contribution in [0.2, 0.25) is 0 Å². The van der Waals surface area contributed by atoms with Gasteiger partial charge in [-0.05, 0) is 12.8 Å². The predicted molar refractivity (Wildman–Crippen MR) is 66.2 cm³/mol. The normalized spacial score (nSPS) is 18.8. The molecule has 1 aliphatic carbocycles. The van der Waals surface area contributed by atoms with Crippen molar-refractivity contribution in [3.8, 4) is 0 Å². The number of nitrogen functional groups attached to an aromatic ring is 1. The van der Waals surface area contributed by atoms with Crippen molar-refractivity contribution in [1.29, 1.82) is 0 Å². The van der Waals surface area contributed by atoms with Gasteiger partial charge in [-0.2, -0.15) is 0 Å². The predicted octanol–water partition coefficient (Wildman–Crippen LogP) is 2.58. The Kier molecular flexibility index (Phi) is 3.97. The zero-order chi connectivity index (χ0) is 11.2. The van der Waals surface area contributed by atoms with Gasteiger partial charge in [0.1, 0.15) is 0 Å². The molecule has 1 fully saturated rings. The number of aromatic nitrogens is 2. The molecule has 0 unspecified atom stereocenters. The molecule has 0 atom stereocenters. The molecular weight excluding hydrogens is 200 g/mol. The Bertz CT molecular complexity index is 301. The van der Waals surface area contributed by atoms with E-state index in [0.717, 1.165) is 0 Å². The van der Waals surface area contributed by atoms with Crippen molar-refractivity contribution in [2.24, 2.45) is 0 Å². The molecule has 1 heterocycles. The molecule has 2 rings (SSSR count). The quantitative estimate of drug-likeness (QED) is 0.804. The zero-order valence-electron chi connectivity index (χ0n) is 9.65. The lowest BCUT2D eigenvalue weighted by Crippen LogP contribution is -2.21. The molecule has 1 aromatic heterocycles. The van der Waals surface area contributed by atoms with Crippen LogP contribution in [0.25, 0.3) is 0 Å². The average molecular weight is 220 g/mol. The fourth-order valence-electron chi connectivity index (χ4n) is 2.20. The first-order valence-electron chi connectivity index (χ1n) is 6.18. The van der Waals surface area contributed by atoms with Gasteiger partial charge in [0.15, 0.2) is 0 Å². The van der Waals surface area contributed by atoms with E-state index in [9.17, 15) is 0 Å². The molecule has 0 aromatic carbocycles. The molecule has 0 spiro atoms. The molecule has 1 saturated carbocycles. The molecule has 0 radical (unpaired) electrons. The second kappa shape index (κ2) is 5.68. The fourth-order valence-corrected chi connectivity index (χ4v) is 2.20. The molecule has 4 nitrogen and oxygen atoms in total. The third-order valence-corrected chi connectivity index (χ3v) is 3.11. The molecule has 0 amide bonds. The Labute approximate surface area is 96.7 Å². The largest absolute Gasteiger partial charge is 0.396 e. The highest BCUT2D eigenvalue weighted by molar-refractivity contribution is 5.36. The average Bonchev–Trinajstić information content (AvgIpc) is 2.25. The van der Waals surface area contributed by atoms with E-state index in [-0.39, 0.29) is 0 Å². The van der Waals surface area contributed by atoms with Gasteiger partial charge in [-0.1, -0.05) is 32.1 Å². The smallest absolute Gasteiger partial charge is 0.222 e. The maximum Gasteiger partial charge on any atom is 0.222 e. The van der Waals surface area contributed by atoms with Crippen molar-refractivity contribution < 1.29 is 0 Å². The summed E-state index contributed by atoms with van der Waals surface area (Å²) in [4.78, 5) is 8.36. The minimum Gasteiger partial charge on any atom is -0.396 e. The molecule has 4 heteroatoms. The van der Waals surface area contributed by atoms with Crippen molar-refractivity contribution >= 4 is 11.6 Å². The number of rotatable bonds is 2. The van der Waals surface area contributed by atoms with Crippen molar-refractivity contribution in [1.82, 2.24) is 9.97 Å². The lowest BCUT2D eigenvalue weighted by atomic mass is 9.97. The number of nitrogens with one attached hydrogen (secondary N) is 1. The first kappa shape index (κ1) is 11.2. The van der Waals surface area contributed by atoms with Crippen molar-refractivity contribution in [2.45, 2.75) is 51.0 Å². The molecule has 0 bridgehead atoms. The van der Waals surface area contributed by atoms with E-state index >= 15 is 0 Å². The summed E-state index contributed by atoms with van der Waals surface area (Å²) >= 11 is 0. The topological polar surface area (TPSA) is 63.8 Å². The van der Waals surface area contributed by atoms with Crippen molar-refractivity contribution in [3.63, 3.8) is 0 Å². The van der Waals surface area contributed by atoms with E-state index < -0.39 is 0 Å². The summed E-state index contributed by atoms with van der Waals surface area (Å²) in [5.41, 5.74) is 6.17. The third-order valence-electron chi connectivity index (χ3n) is 3.11. The number of nitrogens with two attached hydrogens (primary N) is 1. The molecule has 0 saturated heterocycles. The van der Waals surface area contributed by atoms with Crippen LogP contribution in [0, 0.1) is 0 Å². The van der Waals surface area contributed by atoms with Crippen LogP contribution in [-0.4, -0.2) is 16.0 Å². The van der Waals surface area contributed by atoms with Crippen LogP contribution in [0.3, 0.4) is 0 Å². The first-order valence-corrected chi connectivity index (χ1v) is 6.18. The lowest BCUT2D eigenvalue weighted by molar-refractivity contribution is 0.470. The van der Waals surface area contributed by atoms with E-state index in [4.69, 9.17) is 5.73 Å². The van der Waals surface area contributed by atoms with Crippen LogP contribution in [-0.2, 0) is 0 Å². The fraction of sp³-hybridized carbons (Fsp3) is 0.667. The van der Waals surface area contributed by atoms with Gasteiger partial charge < -0.3 is 11.1 Å². The minimum atomic E-state index is 0.531. The van der Waals surface area contributed by atoms with Crippen LogP contribution in [0.5, 0.6) is 0 Å². The minimum absolute atomic E-state index is 0.531. The molecule has 3 N–H and O–H groups in total. The van der Waals surface area contributed by atoms with Crippen molar-refractivity contribution in [3.05, 3.63) is 12.4 Å². The molecule has 0 aliphatic heterocycles. The monoisotopic (exact) mass is 220 g/mol. The second-order valence-electron chi connectivity index (χ2n) is 4.53. The summed E-state index contributed by atoms with van der Waals surface area (Å²) < 4.78 is 0. The van der Waals surface area contributed by atoms with Crippen LogP contribution in [0.1, 0.15) is 44.9 Å². The first-order chi connectivity index (χ1) is 7.84. The van der Waals surface area contributed by atoms with Crippen LogP contribution >= 0.6 is 0 Å². The van der Waals surface area contributed by atoms with Gasteiger partial charge in [0.05, 0.1) is 18.1 Å². The van der Waals surface area contributed by atoms with Gasteiger partial charge >= 0.3 is 0 Å². The van der Waals surface area contributed by atoms with Crippen LogP contribution in [0.15, 0.2) is 12.4 Å². The highest BCUT2D eigenvalue weighted by atomic mass is 15.1. The Balaban J connectivity index is 1.89. The summed E-state index contributed by atoms with van der Waals surface area (Å²) in [5.74, 6) is 0.708. The summed E-state index contributed by atoms with van der Waals surface area (Å²) in [6.45, 7) is 0. The zero-order valence-corrected chi connectivity index (χ0v) is 9.65. The Morgan fingerprint density at radius 2 is 1.56 bits per heavy atom. The number of hydrogen-bond acceptors (Lipinski definition) is 4. The van der Waals surface area contributed by atoms with Crippen molar-refractivity contribution in [2.75, 3.05) is 11.1 Å². The SMILES string of the molecule is Nc1cnc(NC2CCCCCCC2)nc1. The highest BCUT2D eigenvalue weighted by Gasteiger charge is 2.11. The highest BCUT2D eigenvalue weighted by Crippen LogP contribution is 2.19. The van der Waals surface area contributed by atoms with Crippen LogP contribution < -0.4 is 11.1 Å². The summed E-state index contributed by atoms with van der Waals surface area (Å²) in [7, 11) is 0. The van der Waals surface area contributed by atoms with Gasteiger partial charge in [0.2, 0.25) is 5.95 Å². The maximum absolute atomic E-state index is 5.55. The summed E-state index contributed by atoms with van der Waals surface area (Å²) in [6, 6.07) is 0.531.